The van der Waals surface area contributed by atoms with Crippen LogP contribution in [0, 0.1) is 0 Å². The second-order valence-electron chi connectivity index (χ2n) is 8.97. The molecule has 2 amide bonds. The van der Waals surface area contributed by atoms with Crippen molar-refractivity contribution < 1.29 is 22.7 Å². The van der Waals surface area contributed by atoms with E-state index in [1.807, 2.05) is 13.8 Å². The van der Waals surface area contributed by atoms with Gasteiger partial charge in [0.15, 0.2) is 0 Å². The molecule has 8 nitrogen and oxygen atoms in total. The summed E-state index contributed by atoms with van der Waals surface area (Å²) in [4.78, 5) is 28.2. The van der Waals surface area contributed by atoms with Crippen molar-refractivity contribution in [3.8, 4) is 5.75 Å². The summed E-state index contributed by atoms with van der Waals surface area (Å²) >= 11 is 9.72. The number of carbonyl (C=O) groups excluding carboxylic acids is 2. The molecule has 0 aliphatic heterocycles. The van der Waals surface area contributed by atoms with E-state index in [1.165, 1.54) is 17.0 Å². The van der Waals surface area contributed by atoms with E-state index in [0.717, 1.165) is 10.7 Å². The Morgan fingerprint density at radius 1 is 1.00 bits per heavy atom. The lowest BCUT2D eigenvalue weighted by molar-refractivity contribution is -0.139. The van der Waals surface area contributed by atoms with Gasteiger partial charge in [0.2, 0.25) is 11.8 Å². The molecule has 3 aromatic rings. The number of hydrogen-bond donors (Lipinski definition) is 1. The molecule has 0 bridgehead atoms. The SMILES string of the molecule is CCCNC(=O)C(C)N(Cc1ccccc1Cl)C(=O)CN(c1ccc(OCC)cc1)S(=O)(=O)c1ccc(Br)cc1. The van der Waals surface area contributed by atoms with Crippen molar-refractivity contribution in [3.63, 3.8) is 0 Å². The van der Waals surface area contributed by atoms with Crippen molar-refractivity contribution in [2.45, 2.75) is 44.7 Å². The third kappa shape index (κ3) is 7.99. The summed E-state index contributed by atoms with van der Waals surface area (Å²) in [5.41, 5.74) is 0.913. The van der Waals surface area contributed by atoms with Crippen molar-refractivity contribution in [1.82, 2.24) is 10.2 Å². The minimum atomic E-state index is -4.17. The number of carbonyl (C=O) groups is 2. The Bertz CT molecular complexity index is 1400. The van der Waals surface area contributed by atoms with Crippen LogP contribution in [0.3, 0.4) is 0 Å². The fourth-order valence-corrected chi connectivity index (χ4v) is 5.80. The maximum Gasteiger partial charge on any atom is 0.264 e. The van der Waals surface area contributed by atoms with Gasteiger partial charge in [0.1, 0.15) is 18.3 Å². The quantitative estimate of drug-likeness (QED) is 0.258. The van der Waals surface area contributed by atoms with Gasteiger partial charge in [-0.25, -0.2) is 8.42 Å². The smallest absolute Gasteiger partial charge is 0.264 e. The van der Waals surface area contributed by atoms with Crippen molar-refractivity contribution >= 4 is 55.1 Å². The average Bonchev–Trinajstić information content (AvgIpc) is 2.94. The molecule has 0 heterocycles. The number of amides is 2. The van der Waals surface area contributed by atoms with E-state index in [0.29, 0.717) is 34.0 Å². The van der Waals surface area contributed by atoms with E-state index in [2.05, 4.69) is 21.2 Å². The van der Waals surface area contributed by atoms with Gasteiger partial charge in [0, 0.05) is 22.6 Å². The molecular formula is C29H33BrClN3O5S. The molecule has 0 radical (unpaired) electrons. The molecule has 0 aliphatic carbocycles. The predicted octanol–water partition coefficient (Wildman–Crippen LogP) is 5.64. The first kappa shape index (κ1) is 31.4. The molecule has 0 saturated carbocycles. The number of sulfonamides is 1. The van der Waals surface area contributed by atoms with Crippen molar-refractivity contribution in [3.05, 3.63) is 87.9 Å². The fraction of sp³-hybridized carbons (Fsp3) is 0.310. The normalized spacial score (nSPS) is 11.9. The average molecular weight is 651 g/mol. The highest BCUT2D eigenvalue weighted by atomic mass is 79.9. The molecule has 0 saturated heterocycles. The van der Waals surface area contributed by atoms with Gasteiger partial charge >= 0.3 is 0 Å². The number of benzene rings is 3. The molecule has 0 aromatic heterocycles. The number of nitrogens with one attached hydrogen (secondary N) is 1. The van der Waals surface area contributed by atoms with Crippen molar-refractivity contribution in [2.24, 2.45) is 0 Å². The zero-order chi connectivity index (χ0) is 29.3. The Kier molecular flexibility index (Phi) is 11.4. The Morgan fingerprint density at radius 2 is 1.65 bits per heavy atom. The fourth-order valence-electron chi connectivity index (χ4n) is 3.93. The van der Waals surface area contributed by atoms with E-state index < -0.39 is 28.5 Å². The third-order valence-electron chi connectivity index (χ3n) is 6.13. The van der Waals surface area contributed by atoms with Crippen LogP contribution in [0.5, 0.6) is 5.75 Å². The molecule has 1 unspecified atom stereocenters. The molecule has 0 spiro atoms. The van der Waals surface area contributed by atoms with Crippen LogP contribution >= 0.6 is 27.5 Å². The molecule has 1 N–H and O–H groups in total. The Morgan fingerprint density at radius 3 is 2.25 bits per heavy atom. The van der Waals surface area contributed by atoms with E-state index in [4.69, 9.17) is 16.3 Å². The van der Waals surface area contributed by atoms with Gasteiger partial charge in [-0.1, -0.05) is 52.7 Å². The molecule has 214 valence electrons. The highest BCUT2D eigenvalue weighted by Crippen LogP contribution is 2.28. The van der Waals surface area contributed by atoms with Gasteiger partial charge < -0.3 is 15.0 Å². The molecular weight excluding hydrogens is 618 g/mol. The van der Waals surface area contributed by atoms with Crippen LogP contribution < -0.4 is 14.4 Å². The van der Waals surface area contributed by atoms with Crippen molar-refractivity contribution in [2.75, 3.05) is 24.0 Å². The number of hydrogen-bond acceptors (Lipinski definition) is 5. The summed E-state index contributed by atoms with van der Waals surface area (Å²) in [6, 6.07) is 18.8. The zero-order valence-electron chi connectivity index (χ0n) is 22.6. The largest absolute Gasteiger partial charge is 0.494 e. The van der Waals surface area contributed by atoms with Crippen LogP contribution in [-0.4, -0.2) is 50.9 Å². The first-order valence-corrected chi connectivity index (χ1v) is 15.5. The third-order valence-corrected chi connectivity index (χ3v) is 8.82. The molecule has 11 heteroatoms. The van der Waals surface area contributed by atoms with E-state index in [1.54, 1.807) is 67.6 Å². The molecule has 1 atom stereocenters. The summed E-state index contributed by atoms with van der Waals surface area (Å²) < 4.78 is 35.0. The van der Waals surface area contributed by atoms with Gasteiger partial charge in [-0.3, -0.25) is 13.9 Å². The van der Waals surface area contributed by atoms with Crippen LogP contribution in [-0.2, 0) is 26.2 Å². The second kappa shape index (κ2) is 14.5. The maximum atomic E-state index is 13.9. The second-order valence-corrected chi connectivity index (χ2v) is 12.2. The molecule has 3 rings (SSSR count). The Hall–Kier alpha value is -3.08. The van der Waals surface area contributed by atoms with E-state index in [-0.39, 0.29) is 23.0 Å². The summed E-state index contributed by atoms with van der Waals surface area (Å²) in [5, 5.41) is 3.25. The number of nitrogens with zero attached hydrogens (tertiary/aromatic N) is 2. The molecule has 3 aromatic carbocycles. The molecule has 40 heavy (non-hydrogen) atoms. The molecule has 0 aliphatic rings. The van der Waals surface area contributed by atoms with E-state index in [9.17, 15) is 18.0 Å². The van der Waals surface area contributed by atoms with Gasteiger partial charge in [0.05, 0.1) is 17.2 Å². The summed E-state index contributed by atoms with van der Waals surface area (Å²) in [6.07, 6.45) is 0.730. The maximum absolute atomic E-state index is 13.9. The number of anilines is 1. The van der Waals surface area contributed by atoms with Crippen LogP contribution in [0.1, 0.15) is 32.8 Å². The van der Waals surface area contributed by atoms with Crippen LogP contribution in [0.15, 0.2) is 82.2 Å². The lowest BCUT2D eigenvalue weighted by Gasteiger charge is -2.32. The summed E-state index contributed by atoms with van der Waals surface area (Å²) in [5.74, 6) is -0.334. The lowest BCUT2D eigenvalue weighted by atomic mass is 10.1. The Labute approximate surface area is 249 Å². The monoisotopic (exact) mass is 649 g/mol. The van der Waals surface area contributed by atoms with Crippen LogP contribution in [0.25, 0.3) is 0 Å². The minimum Gasteiger partial charge on any atom is -0.494 e. The standard InChI is InChI=1S/C29H33BrClN3O5S/c1-4-18-32-29(36)21(3)33(19-22-8-6-7-9-27(22)31)28(35)20-34(24-12-14-25(15-13-24)39-5-2)40(37,38)26-16-10-23(30)11-17-26/h6-17,21H,4-5,18-20H2,1-3H3,(H,32,36). The topological polar surface area (TPSA) is 96.0 Å². The highest BCUT2D eigenvalue weighted by Gasteiger charge is 2.32. The Balaban J connectivity index is 2.03. The van der Waals surface area contributed by atoms with Crippen molar-refractivity contribution in [1.29, 1.82) is 0 Å². The minimum absolute atomic E-state index is 0.0174. The first-order chi connectivity index (χ1) is 19.1. The molecule has 0 fully saturated rings. The zero-order valence-corrected chi connectivity index (χ0v) is 25.8. The lowest BCUT2D eigenvalue weighted by Crippen LogP contribution is -2.51. The number of halogens is 2. The number of ether oxygens (including phenoxy) is 1. The van der Waals surface area contributed by atoms with E-state index >= 15 is 0 Å². The predicted molar refractivity (Wildman–Crippen MR) is 161 cm³/mol. The van der Waals surface area contributed by atoms with Crippen LogP contribution in [0.4, 0.5) is 5.69 Å². The van der Waals surface area contributed by atoms with Gasteiger partial charge in [-0.2, -0.15) is 0 Å². The van der Waals surface area contributed by atoms with Gasteiger partial charge in [-0.15, -0.1) is 0 Å². The summed E-state index contributed by atoms with van der Waals surface area (Å²) in [6.45, 7) is 5.78. The highest BCUT2D eigenvalue weighted by molar-refractivity contribution is 9.10. The van der Waals surface area contributed by atoms with Gasteiger partial charge in [-0.05, 0) is 80.4 Å². The number of rotatable bonds is 13. The van der Waals surface area contributed by atoms with Gasteiger partial charge in [0.25, 0.3) is 10.0 Å². The summed E-state index contributed by atoms with van der Waals surface area (Å²) in [7, 11) is -4.17. The first-order valence-electron chi connectivity index (χ1n) is 12.9. The van der Waals surface area contributed by atoms with Crippen LogP contribution in [0.2, 0.25) is 5.02 Å².